The Morgan fingerprint density at radius 3 is 3.07 bits per heavy atom. The molecule has 1 saturated heterocycles. The van der Waals surface area contributed by atoms with E-state index in [1.807, 2.05) is 6.07 Å². The molecule has 4 nitrogen and oxygen atoms in total. The highest BCUT2D eigenvalue weighted by Crippen LogP contribution is 2.19. The molecule has 0 amide bonds. The molecule has 2 heterocycles. The van der Waals surface area contributed by atoms with Crippen molar-refractivity contribution in [3.8, 4) is 0 Å². The van der Waals surface area contributed by atoms with Gasteiger partial charge in [0.05, 0.1) is 23.9 Å². The topological polar surface area (TPSA) is 54.6 Å². The lowest BCUT2D eigenvalue weighted by Gasteiger charge is -2.20. The van der Waals surface area contributed by atoms with Crippen LogP contribution in [0.25, 0.3) is 0 Å². The lowest BCUT2D eigenvalue weighted by atomic mass is 10.0. The molecule has 0 spiro atoms. The normalized spacial score (nSPS) is 26.0. The van der Waals surface area contributed by atoms with Crippen molar-refractivity contribution in [1.82, 2.24) is 5.32 Å². The van der Waals surface area contributed by atoms with Crippen LogP contribution in [-0.4, -0.2) is 30.5 Å². The first kappa shape index (κ1) is 11.1. The predicted octanol–water partition coefficient (Wildman–Crippen LogP) is 1.28. The van der Waals surface area contributed by atoms with Crippen LogP contribution in [0.4, 0.5) is 0 Å². The Kier molecular flexibility index (Phi) is 3.45. The number of furan rings is 1. The highest BCUT2D eigenvalue weighted by Gasteiger charge is 2.31. The minimum atomic E-state index is -0.709. The van der Waals surface area contributed by atoms with Crippen molar-refractivity contribution in [1.29, 1.82) is 0 Å². The number of rotatable bonds is 4. The van der Waals surface area contributed by atoms with Crippen LogP contribution in [0.15, 0.2) is 21.2 Å². The molecule has 0 aliphatic carbocycles. The highest BCUT2D eigenvalue weighted by molar-refractivity contribution is 9.10. The summed E-state index contributed by atoms with van der Waals surface area (Å²) in [6, 6.07) is 1.85. The van der Waals surface area contributed by atoms with Crippen LogP contribution in [0.3, 0.4) is 0 Å². The smallest absolute Gasteiger partial charge is 0.131 e. The lowest BCUT2D eigenvalue weighted by molar-refractivity contribution is 0.0265. The number of halogens is 1. The second kappa shape index (κ2) is 4.65. The van der Waals surface area contributed by atoms with Crippen LogP contribution in [0.1, 0.15) is 12.2 Å². The van der Waals surface area contributed by atoms with Crippen LogP contribution < -0.4 is 5.32 Å². The predicted molar refractivity (Wildman–Crippen MR) is 58.5 cm³/mol. The molecule has 1 fully saturated rings. The monoisotopic (exact) mass is 275 g/mol. The van der Waals surface area contributed by atoms with E-state index in [1.54, 1.807) is 6.26 Å². The van der Waals surface area contributed by atoms with Crippen LogP contribution in [0, 0.1) is 0 Å². The van der Waals surface area contributed by atoms with E-state index in [-0.39, 0.29) is 0 Å². The van der Waals surface area contributed by atoms with Gasteiger partial charge in [-0.05, 0) is 22.0 Å². The van der Waals surface area contributed by atoms with Gasteiger partial charge in [-0.15, -0.1) is 0 Å². The quantitative estimate of drug-likeness (QED) is 0.870. The Balaban J connectivity index is 1.77. The Bertz CT molecular complexity index is 320. The summed E-state index contributed by atoms with van der Waals surface area (Å²) in [6.45, 7) is 2.19. The summed E-state index contributed by atoms with van der Waals surface area (Å²) in [5.74, 6) is 0.845. The summed E-state index contributed by atoms with van der Waals surface area (Å²) < 4.78 is 11.3. The first-order valence-electron chi connectivity index (χ1n) is 4.92. The number of aliphatic hydroxyl groups is 1. The van der Waals surface area contributed by atoms with Gasteiger partial charge in [-0.1, -0.05) is 0 Å². The van der Waals surface area contributed by atoms with Crippen molar-refractivity contribution in [2.24, 2.45) is 0 Å². The maximum Gasteiger partial charge on any atom is 0.131 e. The first-order valence-corrected chi connectivity index (χ1v) is 5.72. The molecule has 15 heavy (non-hydrogen) atoms. The van der Waals surface area contributed by atoms with Crippen LogP contribution in [0.2, 0.25) is 0 Å². The molecule has 1 aromatic rings. The van der Waals surface area contributed by atoms with E-state index in [4.69, 9.17) is 9.15 Å². The zero-order valence-corrected chi connectivity index (χ0v) is 9.92. The number of hydrogen-bond donors (Lipinski definition) is 2. The van der Waals surface area contributed by atoms with Crippen LogP contribution in [-0.2, 0) is 11.3 Å². The zero-order chi connectivity index (χ0) is 10.7. The summed E-state index contributed by atoms with van der Waals surface area (Å²) in [6.07, 6.45) is 2.33. The van der Waals surface area contributed by atoms with Crippen molar-refractivity contribution in [3.05, 3.63) is 22.6 Å². The average molecular weight is 276 g/mol. The third kappa shape index (κ3) is 2.81. The third-order valence-electron chi connectivity index (χ3n) is 2.51. The molecule has 2 N–H and O–H groups in total. The highest BCUT2D eigenvalue weighted by atomic mass is 79.9. The van der Waals surface area contributed by atoms with Gasteiger partial charge in [0.1, 0.15) is 11.4 Å². The van der Waals surface area contributed by atoms with Gasteiger partial charge in [0.25, 0.3) is 0 Å². The summed E-state index contributed by atoms with van der Waals surface area (Å²) in [5.41, 5.74) is -0.709. The van der Waals surface area contributed by atoms with Crippen LogP contribution in [0.5, 0.6) is 0 Å². The molecule has 1 aliphatic rings. The Hall–Kier alpha value is -0.360. The van der Waals surface area contributed by atoms with E-state index in [9.17, 15) is 5.11 Å². The van der Waals surface area contributed by atoms with E-state index < -0.39 is 5.60 Å². The zero-order valence-electron chi connectivity index (χ0n) is 8.33. The summed E-state index contributed by atoms with van der Waals surface area (Å²) in [7, 11) is 0. The first-order chi connectivity index (χ1) is 7.20. The molecule has 5 heteroatoms. The van der Waals surface area contributed by atoms with E-state index in [1.165, 1.54) is 0 Å². The SMILES string of the molecule is OC1(CNCc2occc2Br)CCOC1. The van der Waals surface area contributed by atoms with Gasteiger partial charge in [-0.25, -0.2) is 0 Å². The van der Waals surface area contributed by atoms with E-state index >= 15 is 0 Å². The maximum absolute atomic E-state index is 9.96. The molecule has 0 saturated carbocycles. The fourth-order valence-corrected chi connectivity index (χ4v) is 1.94. The van der Waals surface area contributed by atoms with E-state index in [2.05, 4.69) is 21.2 Å². The van der Waals surface area contributed by atoms with Crippen molar-refractivity contribution in [2.75, 3.05) is 19.8 Å². The molecule has 0 radical (unpaired) electrons. The largest absolute Gasteiger partial charge is 0.467 e. The Labute approximate surface area is 96.7 Å². The number of nitrogens with one attached hydrogen (secondary N) is 1. The molecular weight excluding hydrogens is 262 g/mol. The minimum absolute atomic E-state index is 0.416. The van der Waals surface area contributed by atoms with Crippen molar-refractivity contribution >= 4 is 15.9 Å². The molecule has 1 aliphatic heterocycles. The molecule has 0 bridgehead atoms. The standard InChI is InChI=1S/C10H14BrNO3/c11-8-1-3-15-9(8)5-12-6-10(13)2-4-14-7-10/h1,3,12-13H,2,4-7H2. The molecule has 1 atom stereocenters. The lowest BCUT2D eigenvalue weighted by Crippen LogP contribution is -2.40. The van der Waals surface area contributed by atoms with Gasteiger partial charge in [-0.2, -0.15) is 0 Å². The van der Waals surface area contributed by atoms with Crippen molar-refractivity contribution in [3.63, 3.8) is 0 Å². The molecule has 1 unspecified atom stereocenters. The van der Waals surface area contributed by atoms with Gasteiger partial charge in [0, 0.05) is 19.6 Å². The molecule has 1 aromatic heterocycles. The van der Waals surface area contributed by atoms with Gasteiger partial charge in [-0.3, -0.25) is 0 Å². The number of hydrogen-bond acceptors (Lipinski definition) is 4. The molecule has 2 rings (SSSR count). The number of ether oxygens (including phenoxy) is 1. The summed E-state index contributed by atoms with van der Waals surface area (Å²) in [4.78, 5) is 0. The molecule has 84 valence electrons. The van der Waals surface area contributed by atoms with E-state index in [0.29, 0.717) is 32.7 Å². The maximum atomic E-state index is 9.96. The fourth-order valence-electron chi connectivity index (χ4n) is 1.60. The molecular formula is C10H14BrNO3. The van der Waals surface area contributed by atoms with Crippen molar-refractivity contribution < 1.29 is 14.3 Å². The van der Waals surface area contributed by atoms with Crippen molar-refractivity contribution in [2.45, 2.75) is 18.6 Å². The van der Waals surface area contributed by atoms with E-state index in [0.717, 1.165) is 10.2 Å². The minimum Gasteiger partial charge on any atom is -0.467 e. The molecule has 0 aromatic carbocycles. The second-order valence-electron chi connectivity index (χ2n) is 3.82. The Morgan fingerprint density at radius 1 is 1.60 bits per heavy atom. The summed E-state index contributed by atoms with van der Waals surface area (Å²) in [5, 5.41) is 13.1. The average Bonchev–Trinajstić information content (AvgIpc) is 2.78. The van der Waals surface area contributed by atoms with Gasteiger partial charge >= 0.3 is 0 Å². The summed E-state index contributed by atoms with van der Waals surface area (Å²) >= 11 is 3.37. The van der Waals surface area contributed by atoms with Crippen LogP contribution >= 0.6 is 15.9 Å². The Morgan fingerprint density at radius 2 is 2.47 bits per heavy atom. The second-order valence-corrected chi connectivity index (χ2v) is 4.68. The third-order valence-corrected chi connectivity index (χ3v) is 3.22. The van der Waals surface area contributed by atoms with Gasteiger partial charge < -0.3 is 19.6 Å². The fraction of sp³-hybridized carbons (Fsp3) is 0.600. The van der Waals surface area contributed by atoms with Gasteiger partial charge in [0.15, 0.2) is 0 Å². The van der Waals surface area contributed by atoms with Gasteiger partial charge in [0.2, 0.25) is 0 Å².